The van der Waals surface area contributed by atoms with Crippen LogP contribution < -0.4 is 10.3 Å². The van der Waals surface area contributed by atoms with Crippen LogP contribution in [0.5, 0.6) is 0 Å². The average molecular weight is 438 g/mol. The molecule has 1 heterocycles. The molecule has 6 heteroatoms. The lowest BCUT2D eigenvalue weighted by molar-refractivity contribution is 0.0950. The van der Waals surface area contributed by atoms with Crippen molar-refractivity contribution in [3.8, 4) is 22.4 Å². The SMILES string of the molecule is CCN(CC)c1ccc(/C=N\NC(=O)c2cc(-c3ccc(-c4ccccc4)cc3)n[nH]2)cc1. The quantitative estimate of drug-likeness (QED) is 0.288. The van der Waals surface area contributed by atoms with Gasteiger partial charge in [-0.05, 0) is 48.7 Å². The average Bonchev–Trinajstić information content (AvgIpc) is 3.37. The number of nitrogens with one attached hydrogen (secondary N) is 2. The lowest BCUT2D eigenvalue weighted by atomic mass is 10.0. The molecule has 0 spiro atoms. The first-order valence-corrected chi connectivity index (χ1v) is 11.1. The number of anilines is 1. The lowest BCUT2D eigenvalue weighted by Crippen LogP contribution is -2.21. The summed E-state index contributed by atoms with van der Waals surface area (Å²) in [4.78, 5) is 14.7. The fourth-order valence-corrected chi connectivity index (χ4v) is 3.64. The smallest absolute Gasteiger partial charge is 0.289 e. The molecule has 3 aromatic carbocycles. The highest BCUT2D eigenvalue weighted by molar-refractivity contribution is 5.94. The number of aromatic nitrogens is 2. The number of H-pyrrole nitrogens is 1. The molecule has 0 atom stereocenters. The molecule has 166 valence electrons. The molecular weight excluding hydrogens is 410 g/mol. The fourth-order valence-electron chi connectivity index (χ4n) is 3.64. The molecule has 4 rings (SSSR count). The molecule has 0 saturated carbocycles. The Morgan fingerprint density at radius 3 is 2.21 bits per heavy atom. The zero-order valence-corrected chi connectivity index (χ0v) is 18.8. The van der Waals surface area contributed by atoms with Gasteiger partial charge < -0.3 is 4.90 Å². The minimum atomic E-state index is -0.342. The van der Waals surface area contributed by atoms with Crippen LogP contribution in [0.2, 0.25) is 0 Å². The van der Waals surface area contributed by atoms with Crippen molar-refractivity contribution < 1.29 is 4.79 Å². The third-order valence-electron chi connectivity index (χ3n) is 5.51. The van der Waals surface area contributed by atoms with Crippen molar-refractivity contribution in [3.63, 3.8) is 0 Å². The second kappa shape index (κ2) is 10.4. The molecule has 33 heavy (non-hydrogen) atoms. The maximum atomic E-state index is 12.4. The standard InChI is InChI=1S/C27H27N5O/c1-3-32(4-2)24-16-10-20(11-17-24)19-28-31-27(33)26-18-25(29-30-26)23-14-12-22(13-15-23)21-8-6-5-7-9-21/h5-19H,3-4H2,1-2H3,(H,29,30)(H,31,33)/b28-19-. The first-order chi connectivity index (χ1) is 16.2. The number of amides is 1. The molecule has 4 aromatic rings. The van der Waals surface area contributed by atoms with Crippen molar-refractivity contribution in [2.75, 3.05) is 18.0 Å². The van der Waals surface area contributed by atoms with E-state index < -0.39 is 0 Å². The largest absolute Gasteiger partial charge is 0.372 e. The van der Waals surface area contributed by atoms with Gasteiger partial charge in [-0.15, -0.1) is 0 Å². The van der Waals surface area contributed by atoms with Gasteiger partial charge in [0.2, 0.25) is 0 Å². The molecule has 0 saturated heterocycles. The van der Waals surface area contributed by atoms with E-state index in [0.29, 0.717) is 11.4 Å². The molecule has 6 nitrogen and oxygen atoms in total. The summed E-state index contributed by atoms with van der Waals surface area (Å²) in [5.74, 6) is -0.342. The van der Waals surface area contributed by atoms with Gasteiger partial charge in [-0.2, -0.15) is 10.2 Å². The Morgan fingerprint density at radius 1 is 0.909 bits per heavy atom. The van der Waals surface area contributed by atoms with Crippen LogP contribution in [-0.2, 0) is 0 Å². The highest BCUT2D eigenvalue weighted by atomic mass is 16.2. The molecule has 1 aromatic heterocycles. The second-order valence-electron chi connectivity index (χ2n) is 7.57. The summed E-state index contributed by atoms with van der Waals surface area (Å²) in [6.07, 6.45) is 1.63. The molecule has 0 radical (unpaired) electrons. The van der Waals surface area contributed by atoms with Gasteiger partial charge in [-0.3, -0.25) is 9.89 Å². The Hall–Kier alpha value is -4.19. The molecule has 0 bridgehead atoms. The Labute approximate surface area is 194 Å². The zero-order chi connectivity index (χ0) is 23.0. The van der Waals surface area contributed by atoms with Crippen LogP contribution in [0.3, 0.4) is 0 Å². The van der Waals surface area contributed by atoms with Crippen LogP contribution in [0.15, 0.2) is 90.0 Å². The summed E-state index contributed by atoms with van der Waals surface area (Å²) < 4.78 is 0. The topological polar surface area (TPSA) is 73.4 Å². The van der Waals surface area contributed by atoms with E-state index in [-0.39, 0.29) is 5.91 Å². The second-order valence-corrected chi connectivity index (χ2v) is 7.57. The Morgan fingerprint density at radius 2 is 1.55 bits per heavy atom. The van der Waals surface area contributed by atoms with Crippen LogP contribution in [0.4, 0.5) is 5.69 Å². The van der Waals surface area contributed by atoms with Gasteiger partial charge in [-0.25, -0.2) is 5.43 Å². The van der Waals surface area contributed by atoms with Crippen molar-refractivity contribution in [1.29, 1.82) is 0 Å². The summed E-state index contributed by atoms with van der Waals surface area (Å²) in [7, 11) is 0. The number of hydrogen-bond acceptors (Lipinski definition) is 4. The van der Waals surface area contributed by atoms with Crippen LogP contribution in [0, 0.1) is 0 Å². The minimum absolute atomic E-state index is 0.342. The van der Waals surface area contributed by atoms with Crippen LogP contribution in [-0.4, -0.2) is 35.4 Å². The molecular formula is C27H27N5O. The maximum absolute atomic E-state index is 12.4. The van der Waals surface area contributed by atoms with Crippen molar-refractivity contribution in [2.45, 2.75) is 13.8 Å². The van der Waals surface area contributed by atoms with E-state index in [1.54, 1.807) is 12.3 Å². The normalized spacial score (nSPS) is 11.0. The molecule has 0 aliphatic carbocycles. The van der Waals surface area contributed by atoms with Gasteiger partial charge in [0.1, 0.15) is 5.69 Å². The third-order valence-corrected chi connectivity index (χ3v) is 5.51. The first-order valence-electron chi connectivity index (χ1n) is 11.1. The van der Waals surface area contributed by atoms with E-state index >= 15 is 0 Å². The van der Waals surface area contributed by atoms with Gasteiger partial charge in [0.15, 0.2) is 0 Å². The number of hydrazone groups is 1. The predicted octanol–water partition coefficient (Wildman–Crippen LogP) is 5.35. The number of carbonyl (C=O) groups is 1. The van der Waals surface area contributed by atoms with E-state index in [9.17, 15) is 4.79 Å². The summed E-state index contributed by atoms with van der Waals surface area (Å²) >= 11 is 0. The van der Waals surface area contributed by atoms with Gasteiger partial charge in [-0.1, -0.05) is 66.7 Å². The minimum Gasteiger partial charge on any atom is -0.372 e. The predicted molar refractivity (Wildman–Crippen MR) is 135 cm³/mol. The van der Waals surface area contributed by atoms with E-state index in [1.165, 1.54) is 5.69 Å². The Kier molecular flexibility index (Phi) is 6.95. The van der Waals surface area contributed by atoms with Crippen molar-refractivity contribution in [2.24, 2.45) is 5.10 Å². The van der Waals surface area contributed by atoms with E-state index in [2.05, 4.69) is 75.9 Å². The van der Waals surface area contributed by atoms with E-state index in [4.69, 9.17) is 0 Å². The van der Waals surface area contributed by atoms with Gasteiger partial charge in [0.05, 0.1) is 11.9 Å². The summed E-state index contributed by atoms with van der Waals surface area (Å²) in [6.45, 7) is 6.19. The highest BCUT2D eigenvalue weighted by Crippen LogP contribution is 2.24. The van der Waals surface area contributed by atoms with Crippen LogP contribution >= 0.6 is 0 Å². The monoisotopic (exact) mass is 437 g/mol. The van der Waals surface area contributed by atoms with Gasteiger partial charge in [0.25, 0.3) is 5.91 Å². The molecule has 0 fully saturated rings. The maximum Gasteiger partial charge on any atom is 0.289 e. The van der Waals surface area contributed by atoms with Crippen LogP contribution in [0.1, 0.15) is 29.9 Å². The fraction of sp³-hybridized carbons (Fsp3) is 0.148. The number of benzene rings is 3. The number of rotatable bonds is 8. The number of hydrogen-bond donors (Lipinski definition) is 2. The molecule has 0 unspecified atom stereocenters. The number of aromatic amines is 1. The van der Waals surface area contributed by atoms with Gasteiger partial charge >= 0.3 is 0 Å². The highest BCUT2D eigenvalue weighted by Gasteiger charge is 2.10. The molecule has 0 aliphatic heterocycles. The molecule has 2 N–H and O–H groups in total. The third kappa shape index (κ3) is 5.36. The Bertz CT molecular complexity index is 1210. The first kappa shape index (κ1) is 22.0. The van der Waals surface area contributed by atoms with Crippen LogP contribution in [0.25, 0.3) is 22.4 Å². The Balaban J connectivity index is 1.37. The summed E-state index contributed by atoms with van der Waals surface area (Å²) in [6, 6.07) is 28.1. The van der Waals surface area contributed by atoms with E-state index in [0.717, 1.165) is 35.3 Å². The number of nitrogens with zero attached hydrogens (tertiary/aromatic N) is 3. The van der Waals surface area contributed by atoms with Gasteiger partial charge in [0, 0.05) is 24.3 Å². The van der Waals surface area contributed by atoms with E-state index in [1.807, 2.05) is 42.5 Å². The molecule has 0 aliphatic rings. The van der Waals surface area contributed by atoms with Crippen molar-refractivity contribution >= 4 is 17.8 Å². The number of carbonyl (C=O) groups excluding carboxylic acids is 1. The van der Waals surface area contributed by atoms with Crippen molar-refractivity contribution in [1.82, 2.24) is 15.6 Å². The lowest BCUT2D eigenvalue weighted by Gasteiger charge is -2.20. The van der Waals surface area contributed by atoms with Crippen molar-refractivity contribution in [3.05, 3.63) is 96.2 Å². The molecule has 1 amide bonds. The summed E-state index contributed by atoms with van der Waals surface area (Å²) in [5.41, 5.74) is 8.91. The summed E-state index contributed by atoms with van der Waals surface area (Å²) in [5, 5.41) is 11.1. The zero-order valence-electron chi connectivity index (χ0n) is 18.8.